The number of hydrogen-bond donors (Lipinski definition) is 3. The highest BCUT2D eigenvalue weighted by Crippen LogP contribution is 2.31. The van der Waals surface area contributed by atoms with E-state index in [0.29, 0.717) is 49.8 Å². The Morgan fingerprint density at radius 1 is 1.14 bits per heavy atom. The molecule has 1 aromatic carbocycles. The Kier molecular flexibility index (Phi) is 10.4. The minimum atomic E-state index is -4.43. The number of alkyl halides is 3. The van der Waals surface area contributed by atoms with Crippen LogP contribution in [0.2, 0.25) is 0 Å². The van der Waals surface area contributed by atoms with Gasteiger partial charge < -0.3 is 15.3 Å². The molecule has 3 N–H and O–H groups in total. The second-order valence-corrected chi connectivity index (χ2v) is 8.36. The van der Waals surface area contributed by atoms with Crippen LogP contribution in [-0.2, 0) is 6.18 Å². The number of hydrogen-bond acceptors (Lipinski definition) is 7. The Balaban J connectivity index is 1.57. The lowest BCUT2D eigenvalue weighted by Gasteiger charge is -2.35. The van der Waals surface area contributed by atoms with Gasteiger partial charge in [0.05, 0.1) is 24.1 Å². The minimum Gasteiger partial charge on any atom is -0.395 e. The topological polar surface area (TPSA) is 88.4 Å². The SMILES string of the molecule is OCCN1CCN(C(=N/CN/N=C/c2cc(Nc3cccc(C(F)(F)F)c3)ccn2)/C(F)=C\I)CC1. The van der Waals surface area contributed by atoms with Crippen molar-refractivity contribution in [2.24, 2.45) is 10.1 Å². The fourth-order valence-corrected chi connectivity index (χ4v) is 3.78. The number of pyridine rings is 1. The fraction of sp³-hybridized carbons (Fsp3) is 0.348. The van der Waals surface area contributed by atoms with Crippen molar-refractivity contribution in [1.82, 2.24) is 20.2 Å². The maximum Gasteiger partial charge on any atom is 0.416 e. The molecule has 0 radical (unpaired) electrons. The molecule has 0 atom stereocenters. The largest absolute Gasteiger partial charge is 0.416 e. The van der Waals surface area contributed by atoms with Crippen molar-refractivity contribution >= 4 is 46.0 Å². The second-order valence-electron chi connectivity index (χ2n) is 7.74. The van der Waals surface area contributed by atoms with Crippen LogP contribution in [0, 0.1) is 0 Å². The van der Waals surface area contributed by atoms with Crippen molar-refractivity contribution in [3.63, 3.8) is 0 Å². The standard InChI is InChI=1S/C23H26F4IN7O/c24-21(14-28)22(35-8-6-34(7-9-35)10-11-36)30-16-32-31-15-20-13-19(4-5-29-20)33-18-3-1-2-17(12-18)23(25,26)27/h1-5,12-15,32,36H,6-11,16H2,(H,29,33)/b21-14+,30-22+,31-15+. The molecule has 0 saturated carbocycles. The van der Waals surface area contributed by atoms with Gasteiger partial charge in [-0.2, -0.15) is 18.3 Å². The highest BCUT2D eigenvalue weighted by Gasteiger charge is 2.30. The molecule has 0 amide bonds. The number of aliphatic hydroxyl groups is 1. The molecule has 2 heterocycles. The average Bonchev–Trinajstić information content (AvgIpc) is 2.86. The van der Waals surface area contributed by atoms with Gasteiger partial charge in [-0.05, 0) is 52.9 Å². The maximum atomic E-state index is 14.4. The molecule has 1 aromatic heterocycles. The number of halogens is 5. The molecule has 36 heavy (non-hydrogen) atoms. The molecule has 1 aliphatic rings. The van der Waals surface area contributed by atoms with Crippen LogP contribution in [0.15, 0.2) is 62.6 Å². The highest BCUT2D eigenvalue weighted by molar-refractivity contribution is 14.1. The van der Waals surface area contributed by atoms with Gasteiger partial charge in [0, 0.05) is 54.4 Å². The molecule has 0 unspecified atom stereocenters. The number of hydrazone groups is 1. The van der Waals surface area contributed by atoms with Crippen LogP contribution in [0.3, 0.4) is 0 Å². The van der Waals surface area contributed by atoms with Gasteiger partial charge in [-0.15, -0.1) is 0 Å². The number of nitrogens with one attached hydrogen (secondary N) is 2. The molecule has 13 heteroatoms. The van der Waals surface area contributed by atoms with Crippen molar-refractivity contribution < 1.29 is 22.7 Å². The first-order valence-corrected chi connectivity index (χ1v) is 12.3. The van der Waals surface area contributed by atoms with E-state index in [-0.39, 0.29) is 19.1 Å². The van der Waals surface area contributed by atoms with Crippen LogP contribution in [-0.4, -0.2) is 77.9 Å². The zero-order valence-electron chi connectivity index (χ0n) is 19.2. The number of β-amino-alcohol motifs (C(OH)–C–C–N with tert-alkyl or cyclic N) is 1. The Morgan fingerprint density at radius 3 is 2.58 bits per heavy atom. The average molecular weight is 619 g/mol. The predicted octanol–water partition coefficient (Wildman–Crippen LogP) is 3.98. The van der Waals surface area contributed by atoms with Crippen LogP contribution in [0.1, 0.15) is 11.3 Å². The van der Waals surface area contributed by atoms with Gasteiger partial charge in [-0.1, -0.05) is 6.07 Å². The molecule has 0 aliphatic carbocycles. The number of amidine groups is 1. The Bertz CT molecular complexity index is 1090. The summed E-state index contributed by atoms with van der Waals surface area (Å²) in [7, 11) is 0. The third-order valence-electron chi connectivity index (χ3n) is 5.24. The number of rotatable bonds is 9. The zero-order valence-corrected chi connectivity index (χ0v) is 21.4. The third kappa shape index (κ3) is 8.41. The summed E-state index contributed by atoms with van der Waals surface area (Å²) in [5, 5.41) is 16.1. The number of piperazine rings is 1. The van der Waals surface area contributed by atoms with Gasteiger partial charge >= 0.3 is 6.18 Å². The van der Waals surface area contributed by atoms with Crippen molar-refractivity contribution in [2.75, 3.05) is 51.3 Å². The smallest absolute Gasteiger partial charge is 0.395 e. The third-order valence-corrected chi connectivity index (χ3v) is 5.79. The van der Waals surface area contributed by atoms with E-state index < -0.39 is 17.6 Å². The lowest BCUT2D eigenvalue weighted by Crippen LogP contribution is -2.49. The van der Waals surface area contributed by atoms with E-state index in [1.54, 1.807) is 12.1 Å². The van der Waals surface area contributed by atoms with Crippen molar-refractivity contribution in [3.8, 4) is 0 Å². The summed E-state index contributed by atoms with van der Waals surface area (Å²) in [6.45, 7) is 3.30. The van der Waals surface area contributed by atoms with Gasteiger partial charge in [-0.3, -0.25) is 15.3 Å². The molecule has 2 aromatic rings. The Labute approximate surface area is 219 Å². The molecular formula is C23H26F4IN7O. The molecule has 1 saturated heterocycles. The van der Waals surface area contributed by atoms with Crippen molar-refractivity contribution in [1.29, 1.82) is 0 Å². The van der Waals surface area contributed by atoms with E-state index in [2.05, 4.69) is 30.7 Å². The Hall–Kier alpha value is -2.78. The van der Waals surface area contributed by atoms with Crippen molar-refractivity contribution in [3.05, 3.63) is 63.8 Å². The molecule has 194 valence electrons. The summed E-state index contributed by atoms with van der Waals surface area (Å²) in [6.07, 6.45) is -1.49. The van der Waals surface area contributed by atoms with E-state index >= 15 is 0 Å². The van der Waals surface area contributed by atoms with E-state index in [1.807, 2.05) is 27.5 Å². The van der Waals surface area contributed by atoms with Crippen LogP contribution in [0.25, 0.3) is 0 Å². The van der Waals surface area contributed by atoms with Gasteiger partial charge in [-0.25, -0.2) is 9.38 Å². The first-order valence-electron chi connectivity index (χ1n) is 11.1. The fourth-order valence-electron chi connectivity index (χ4n) is 3.50. The molecule has 0 bridgehead atoms. The first kappa shape index (κ1) is 27.8. The van der Waals surface area contributed by atoms with Crippen molar-refractivity contribution in [2.45, 2.75) is 6.18 Å². The molecule has 0 spiro atoms. The summed E-state index contributed by atoms with van der Waals surface area (Å²) >= 11 is 1.83. The number of aromatic nitrogens is 1. The lowest BCUT2D eigenvalue weighted by molar-refractivity contribution is -0.137. The summed E-state index contributed by atoms with van der Waals surface area (Å²) in [6, 6.07) is 8.16. The zero-order chi connectivity index (χ0) is 26.0. The molecular weight excluding hydrogens is 593 g/mol. The van der Waals surface area contributed by atoms with E-state index in [9.17, 15) is 17.6 Å². The molecule has 1 aliphatic heterocycles. The summed E-state index contributed by atoms with van der Waals surface area (Å²) in [5.74, 6) is -0.201. The van der Waals surface area contributed by atoms with Crippen LogP contribution in [0.4, 0.5) is 28.9 Å². The molecule has 3 rings (SSSR count). The normalized spacial score (nSPS) is 16.0. The molecule has 8 nitrogen and oxygen atoms in total. The number of anilines is 2. The first-order chi connectivity index (χ1) is 17.3. The maximum absolute atomic E-state index is 14.4. The quantitative estimate of drug-likeness (QED) is 0.0984. The van der Waals surface area contributed by atoms with Gasteiger partial charge in [0.25, 0.3) is 0 Å². The molecule has 1 fully saturated rings. The summed E-state index contributed by atoms with van der Waals surface area (Å²) < 4.78 is 54.5. The lowest BCUT2D eigenvalue weighted by atomic mass is 10.2. The van der Waals surface area contributed by atoms with E-state index in [4.69, 9.17) is 5.11 Å². The summed E-state index contributed by atoms with van der Waals surface area (Å²) in [5.41, 5.74) is 3.29. The predicted molar refractivity (Wildman–Crippen MR) is 140 cm³/mol. The Morgan fingerprint density at radius 2 is 1.89 bits per heavy atom. The summed E-state index contributed by atoms with van der Waals surface area (Å²) in [4.78, 5) is 12.4. The monoisotopic (exact) mass is 619 g/mol. The van der Waals surface area contributed by atoms with Crippen LogP contribution >= 0.6 is 22.6 Å². The second kappa shape index (κ2) is 13.5. The van der Waals surface area contributed by atoms with E-state index in [1.165, 1.54) is 28.6 Å². The van der Waals surface area contributed by atoms with Gasteiger partial charge in [0.1, 0.15) is 6.67 Å². The highest BCUT2D eigenvalue weighted by atomic mass is 127. The number of benzene rings is 1. The van der Waals surface area contributed by atoms with Crippen LogP contribution in [0.5, 0.6) is 0 Å². The number of nitrogens with zero attached hydrogens (tertiary/aromatic N) is 5. The minimum absolute atomic E-state index is 0.0305. The number of aliphatic hydroxyl groups excluding tert-OH is 1. The van der Waals surface area contributed by atoms with E-state index in [0.717, 1.165) is 12.1 Å². The number of aliphatic imine (C=N–C) groups is 1. The van der Waals surface area contributed by atoms with Crippen LogP contribution < -0.4 is 10.7 Å². The van der Waals surface area contributed by atoms with Gasteiger partial charge in [0.15, 0.2) is 11.7 Å². The van der Waals surface area contributed by atoms with Gasteiger partial charge in [0.2, 0.25) is 0 Å².